The van der Waals surface area contributed by atoms with Gasteiger partial charge < -0.3 is 10.2 Å². The average molecular weight is 342 g/mol. The number of aryl methyl sites for hydroxylation is 2. The summed E-state index contributed by atoms with van der Waals surface area (Å²) in [5, 5.41) is 3.21. The summed E-state index contributed by atoms with van der Waals surface area (Å²) in [5.41, 5.74) is 3.50. The molecule has 0 bridgehead atoms. The number of rotatable bonds is 6. The smallest absolute Gasteiger partial charge is 0.223 e. The van der Waals surface area contributed by atoms with Crippen molar-refractivity contribution in [3.63, 3.8) is 0 Å². The third kappa shape index (κ3) is 4.69. The number of likely N-dealkylation sites (tertiary alicyclic amines) is 1. The summed E-state index contributed by atoms with van der Waals surface area (Å²) >= 11 is 0. The first kappa shape index (κ1) is 18.1. The molecule has 136 valence electrons. The molecule has 1 aliphatic carbocycles. The van der Waals surface area contributed by atoms with Gasteiger partial charge >= 0.3 is 0 Å². The second kappa shape index (κ2) is 8.61. The minimum absolute atomic E-state index is 0.104. The van der Waals surface area contributed by atoms with E-state index in [1.165, 1.54) is 24.0 Å². The third-order valence-electron chi connectivity index (χ3n) is 5.70. The lowest BCUT2D eigenvalue weighted by molar-refractivity contribution is -0.132. The van der Waals surface area contributed by atoms with Crippen LogP contribution in [0, 0.1) is 5.92 Å². The maximum Gasteiger partial charge on any atom is 0.223 e. The number of nitrogens with one attached hydrogen (secondary N) is 1. The van der Waals surface area contributed by atoms with E-state index in [-0.39, 0.29) is 11.7 Å². The second-order valence-corrected chi connectivity index (χ2v) is 7.50. The Morgan fingerprint density at radius 1 is 1.08 bits per heavy atom. The SMILES string of the molecule is CNCC1CCN(C(=O)CCC(=O)c2ccc3c(c2)CCCC3)CC1. The number of carbonyl (C=O) groups is 2. The summed E-state index contributed by atoms with van der Waals surface area (Å²) in [6.45, 7) is 2.69. The van der Waals surface area contributed by atoms with Crippen LogP contribution in [0.3, 0.4) is 0 Å². The molecule has 1 aromatic rings. The molecular weight excluding hydrogens is 312 g/mol. The molecule has 0 aromatic heterocycles. The molecule has 1 fully saturated rings. The second-order valence-electron chi connectivity index (χ2n) is 7.50. The zero-order valence-electron chi connectivity index (χ0n) is 15.4. The van der Waals surface area contributed by atoms with Crippen molar-refractivity contribution < 1.29 is 9.59 Å². The average Bonchev–Trinajstić information content (AvgIpc) is 2.66. The number of Topliss-reactive ketones (excluding diaryl/α,β-unsaturated/α-hetero) is 1. The molecule has 0 unspecified atom stereocenters. The summed E-state index contributed by atoms with van der Waals surface area (Å²) in [4.78, 5) is 26.8. The van der Waals surface area contributed by atoms with Crippen molar-refractivity contribution in [3.05, 3.63) is 34.9 Å². The van der Waals surface area contributed by atoms with Crippen molar-refractivity contribution in [1.82, 2.24) is 10.2 Å². The Kier molecular flexibility index (Phi) is 6.24. The zero-order valence-corrected chi connectivity index (χ0v) is 15.4. The highest BCUT2D eigenvalue weighted by molar-refractivity contribution is 5.98. The van der Waals surface area contributed by atoms with Crippen LogP contribution in [0.1, 0.15) is 60.0 Å². The first-order chi connectivity index (χ1) is 12.2. The van der Waals surface area contributed by atoms with E-state index in [2.05, 4.69) is 17.4 Å². The Labute approximate surface area is 151 Å². The van der Waals surface area contributed by atoms with E-state index in [1.54, 1.807) is 0 Å². The highest BCUT2D eigenvalue weighted by atomic mass is 16.2. The first-order valence-electron chi connectivity index (χ1n) is 9.74. The molecule has 2 aliphatic rings. The zero-order chi connectivity index (χ0) is 17.6. The molecule has 3 rings (SSSR count). The Hall–Kier alpha value is -1.68. The molecule has 0 atom stereocenters. The molecule has 0 radical (unpaired) electrons. The summed E-state index contributed by atoms with van der Waals surface area (Å²) in [5.74, 6) is 0.909. The molecule has 1 N–H and O–H groups in total. The van der Waals surface area contributed by atoms with Crippen molar-refractivity contribution in [3.8, 4) is 0 Å². The van der Waals surface area contributed by atoms with Crippen molar-refractivity contribution in [2.75, 3.05) is 26.7 Å². The van der Waals surface area contributed by atoms with E-state index in [1.807, 2.05) is 18.0 Å². The molecule has 0 saturated carbocycles. The summed E-state index contributed by atoms with van der Waals surface area (Å²) < 4.78 is 0. The third-order valence-corrected chi connectivity index (χ3v) is 5.70. The highest BCUT2D eigenvalue weighted by Crippen LogP contribution is 2.23. The van der Waals surface area contributed by atoms with Crippen LogP contribution < -0.4 is 5.32 Å². The molecule has 1 amide bonds. The molecule has 1 aliphatic heterocycles. The van der Waals surface area contributed by atoms with Crippen LogP contribution in [0.5, 0.6) is 0 Å². The number of carbonyl (C=O) groups excluding carboxylic acids is 2. The van der Waals surface area contributed by atoms with Gasteiger partial charge in [0, 0.05) is 31.5 Å². The van der Waals surface area contributed by atoms with E-state index < -0.39 is 0 Å². The van der Waals surface area contributed by atoms with Crippen LogP contribution in [-0.2, 0) is 17.6 Å². The standard InChI is InChI=1S/C21H30N2O2/c1-22-15-16-10-12-23(13-11-16)21(25)9-8-20(24)19-7-6-17-4-2-3-5-18(17)14-19/h6-7,14,16,22H,2-5,8-13,15H2,1H3. The summed E-state index contributed by atoms with van der Waals surface area (Å²) in [7, 11) is 1.98. The fourth-order valence-corrected chi connectivity index (χ4v) is 4.10. The molecule has 1 heterocycles. The number of hydrogen-bond acceptors (Lipinski definition) is 3. The Morgan fingerprint density at radius 2 is 1.80 bits per heavy atom. The molecule has 4 heteroatoms. The van der Waals surface area contributed by atoms with Crippen LogP contribution in [0.4, 0.5) is 0 Å². The Balaban J connectivity index is 1.48. The fourth-order valence-electron chi connectivity index (χ4n) is 4.10. The van der Waals surface area contributed by atoms with Gasteiger partial charge in [0.05, 0.1) is 0 Å². The maximum atomic E-state index is 12.5. The van der Waals surface area contributed by atoms with Gasteiger partial charge in [-0.2, -0.15) is 0 Å². The van der Waals surface area contributed by atoms with Crippen LogP contribution in [0.2, 0.25) is 0 Å². The number of ketones is 1. The van der Waals surface area contributed by atoms with Crippen LogP contribution >= 0.6 is 0 Å². The van der Waals surface area contributed by atoms with Crippen molar-refractivity contribution in [2.45, 2.75) is 51.4 Å². The van der Waals surface area contributed by atoms with Gasteiger partial charge in [0.15, 0.2) is 5.78 Å². The predicted octanol–water partition coefficient (Wildman–Crippen LogP) is 2.99. The van der Waals surface area contributed by atoms with Gasteiger partial charge in [-0.25, -0.2) is 0 Å². The monoisotopic (exact) mass is 342 g/mol. The fraction of sp³-hybridized carbons (Fsp3) is 0.619. The normalized spacial score (nSPS) is 18.0. The molecular formula is C21H30N2O2. The Morgan fingerprint density at radius 3 is 2.52 bits per heavy atom. The van der Waals surface area contributed by atoms with Crippen LogP contribution in [-0.4, -0.2) is 43.3 Å². The van der Waals surface area contributed by atoms with Crippen LogP contribution in [0.15, 0.2) is 18.2 Å². The van der Waals surface area contributed by atoms with E-state index in [0.717, 1.165) is 50.9 Å². The van der Waals surface area contributed by atoms with E-state index in [9.17, 15) is 9.59 Å². The van der Waals surface area contributed by atoms with E-state index in [4.69, 9.17) is 0 Å². The number of benzene rings is 1. The van der Waals surface area contributed by atoms with Gasteiger partial charge in [-0.3, -0.25) is 9.59 Å². The molecule has 0 spiro atoms. The molecule has 1 saturated heterocycles. The van der Waals surface area contributed by atoms with Gasteiger partial charge in [-0.15, -0.1) is 0 Å². The maximum absolute atomic E-state index is 12.5. The Bertz CT molecular complexity index is 618. The minimum Gasteiger partial charge on any atom is -0.343 e. The topological polar surface area (TPSA) is 49.4 Å². The van der Waals surface area contributed by atoms with Crippen molar-refractivity contribution in [1.29, 1.82) is 0 Å². The van der Waals surface area contributed by atoms with Gasteiger partial charge in [0.2, 0.25) is 5.91 Å². The summed E-state index contributed by atoms with van der Waals surface area (Å²) in [6.07, 6.45) is 7.46. The summed E-state index contributed by atoms with van der Waals surface area (Å²) in [6, 6.07) is 6.11. The molecule has 4 nitrogen and oxygen atoms in total. The van der Waals surface area contributed by atoms with Crippen molar-refractivity contribution >= 4 is 11.7 Å². The quantitative estimate of drug-likeness (QED) is 0.809. The highest BCUT2D eigenvalue weighted by Gasteiger charge is 2.23. The van der Waals surface area contributed by atoms with Gasteiger partial charge in [0.1, 0.15) is 0 Å². The minimum atomic E-state index is 0.104. The van der Waals surface area contributed by atoms with E-state index in [0.29, 0.717) is 18.8 Å². The molecule has 1 aromatic carbocycles. The number of fused-ring (bicyclic) bond motifs is 1. The number of amides is 1. The van der Waals surface area contributed by atoms with Crippen LogP contribution in [0.25, 0.3) is 0 Å². The molecule has 25 heavy (non-hydrogen) atoms. The number of nitrogens with zero attached hydrogens (tertiary/aromatic N) is 1. The lowest BCUT2D eigenvalue weighted by atomic mass is 9.89. The lowest BCUT2D eigenvalue weighted by Gasteiger charge is -2.32. The van der Waals surface area contributed by atoms with Gasteiger partial charge in [-0.1, -0.05) is 12.1 Å². The van der Waals surface area contributed by atoms with E-state index >= 15 is 0 Å². The largest absolute Gasteiger partial charge is 0.343 e. The van der Waals surface area contributed by atoms with Gasteiger partial charge in [-0.05, 0) is 75.2 Å². The number of piperidine rings is 1. The van der Waals surface area contributed by atoms with Crippen molar-refractivity contribution in [2.24, 2.45) is 5.92 Å². The lowest BCUT2D eigenvalue weighted by Crippen LogP contribution is -2.40. The first-order valence-corrected chi connectivity index (χ1v) is 9.74. The number of hydrogen-bond donors (Lipinski definition) is 1. The predicted molar refractivity (Wildman–Crippen MR) is 99.9 cm³/mol. The van der Waals surface area contributed by atoms with Gasteiger partial charge in [0.25, 0.3) is 0 Å².